The van der Waals surface area contributed by atoms with Crippen molar-refractivity contribution >= 4 is 50.2 Å². The molecule has 1 aromatic rings. The SMILES string of the molecule is CNCCNC(=O)c1ccc(Br)cc1Br.Cl. The molecular weight excluding hydrogens is 359 g/mol. The maximum absolute atomic E-state index is 11.7. The van der Waals surface area contributed by atoms with Crippen LogP contribution in [-0.2, 0) is 0 Å². The van der Waals surface area contributed by atoms with Crippen molar-refractivity contribution in [2.75, 3.05) is 20.1 Å². The summed E-state index contributed by atoms with van der Waals surface area (Å²) in [6.45, 7) is 1.39. The van der Waals surface area contributed by atoms with Crippen molar-refractivity contribution in [2.45, 2.75) is 0 Å². The summed E-state index contributed by atoms with van der Waals surface area (Å²) in [6, 6.07) is 5.48. The van der Waals surface area contributed by atoms with Crippen LogP contribution in [0.3, 0.4) is 0 Å². The molecule has 0 unspecified atom stereocenters. The molecule has 0 atom stereocenters. The summed E-state index contributed by atoms with van der Waals surface area (Å²) in [6.07, 6.45) is 0. The number of rotatable bonds is 4. The fourth-order valence-corrected chi connectivity index (χ4v) is 2.30. The number of benzene rings is 1. The molecule has 1 rings (SSSR count). The summed E-state index contributed by atoms with van der Waals surface area (Å²) in [5.74, 6) is -0.0652. The minimum atomic E-state index is -0.0652. The average molecular weight is 372 g/mol. The van der Waals surface area contributed by atoms with Crippen LogP contribution in [-0.4, -0.2) is 26.0 Å². The summed E-state index contributed by atoms with van der Waals surface area (Å²) in [4.78, 5) is 11.7. The second-order valence-electron chi connectivity index (χ2n) is 2.98. The summed E-state index contributed by atoms with van der Waals surface area (Å²) < 4.78 is 1.74. The van der Waals surface area contributed by atoms with Crippen LogP contribution in [0, 0.1) is 0 Å². The van der Waals surface area contributed by atoms with E-state index in [1.54, 1.807) is 6.07 Å². The zero-order chi connectivity index (χ0) is 11.3. The first kappa shape index (κ1) is 15.9. The highest BCUT2D eigenvalue weighted by atomic mass is 79.9. The van der Waals surface area contributed by atoms with Gasteiger partial charge in [0.2, 0.25) is 0 Å². The molecule has 90 valence electrons. The van der Waals surface area contributed by atoms with Crippen LogP contribution in [0.5, 0.6) is 0 Å². The third-order valence-corrected chi connectivity index (χ3v) is 2.99. The molecule has 0 radical (unpaired) electrons. The van der Waals surface area contributed by atoms with Gasteiger partial charge in [0.1, 0.15) is 0 Å². The first-order valence-electron chi connectivity index (χ1n) is 4.53. The van der Waals surface area contributed by atoms with E-state index in [1.165, 1.54) is 0 Å². The Hall–Kier alpha value is -0.100. The van der Waals surface area contributed by atoms with Crippen molar-refractivity contribution in [3.8, 4) is 0 Å². The Morgan fingerprint density at radius 3 is 2.56 bits per heavy atom. The van der Waals surface area contributed by atoms with Gasteiger partial charge in [-0.3, -0.25) is 4.79 Å². The minimum absolute atomic E-state index is 0. The number of hydrogen-bond donors (Lipinski definition) is 2. The van der Waals surface area contributed by atoms with Crippen LogP contribution < -0.4 is 10.6 Å². The van der Waals surface area contributed by atoms with Gasteiger partial charge in [-0.25, -0.2) is 0 Å². The lowest BCUT2D eigenvalue weighted by Crippen LogP contribution is -2.30. The molecule has 0 bridgehead atoms. The fraction of sp³-hybridized carbons (Fsp3) is 0.300. The van der Waals surface area contributed by atoms with E-state index in [-0.39, 0.29) is 18.3 Å². The van der Waals surface area contributed by atoms with Gasteiger partial charge in [-0.1, -0.05) is 15.9 Å². The van der Waals surface area contributed by atoms with E-state index in [2.05, 4.69) is 42.5 Å². The highest BCUT2D eigenvalue weighted by Gasteiger charge is 2.08. The lowest BCUT2D eigenvalue weighted by molar-refractivity contribution is 0.0953. The van der Waals surface area contributed by atoms with Gasteiger partial charge in [0.15, 0.2) is 0 Å². The Balaban J connectivity index is 0.00000225. The van der Waals surface area contributed by atoms with Gasteiger partial charge in [0.25, 0.3) is 5.91 Å². The lowest BCUT2D eigenvalue weighted by atomic mass is 10.2. The van der Waals surface area contributed by atoms with Crippen molar-refractivity contribution in [1.82, 2.24) is 10.6 Å². The van der Waals surface area contributed by atoms with Crippen molar-refractivity contribution in [3.63, 3.8) is 0 Å². The van der Waals surface area contributed by atoms with Crippen molar-refractivity contribution in [3.05, 3.63) is 32.7 Å². The third-order valence-electron chi connectivity index (χ3n) is 1.84. The van der Waals surface area contributed by atoms with E-state index in [9.17, 15) is 4.79 Å². The van der Waals surface area contributed by atoms with Crippen molar-refractivity contribution in [1.29, 1.82) is 0 Å². The number of amides is 1. The van der Waals surface area contributed by atoms with Crippen LogP contribution >= 0.6 is 44.3 Å². The normalized spacial score (nSPS) is 9.44. The number of nitrogens with one attached hydrogen (secondary N) is 2. The molecule has 0 spiro atoms. The lowest BCUT2D eigenvalue weighted by Gasteiger charge is -2.06. The van der Waals surface area contributed by atoms with Gasteiger partial charge >= 0.3 is 0 Å². The number of likely N-dealkylation sites (N-methyl/N-ethyl adjacent to an activating group) is 1. The van der Waals surface area contributed by atoms with Gasteiger partial charge in [-0.2, -0.15) is 0 Å². The first-order chi connectivity index (χ1) is 7.15. The molecule has 0 saturated heterocycles. The van der Waals surface area contributed by atoms with Crippen LogP contribution in [0.25, 0.3) is 0 Å². The second kappa shape index (κ2) is 8.06. The molecule has 0 saturated carbocycles. The van der Waals surface area contributed by atoms with Crippen LogP contribution in [0.4, 0.5) is 0 Å². The number of halogens is 3. The predicted molar refractivity (Wildman–Crippen MR) is 75.3 cm³/mol. The molecule has 1 amide bonds. The summed E-state index contributed by atoms with van der Waals surface area (Å²) in [5.41, 5.74) is 0.648. The van der Waals surface area contributed by atoms with Gasteiger partial charge in [-0.05, 0) is 41.2 Å². The Morgan fingerprint density at radius 1 is 1.31 bits per heavy atom. The molecule has 0 aliphatic heterocycles. The quantitative estimate of drug-likeness (QED) is 0.798. The topological polar surface area (TPSA) is 41.1 Å². The number of carbonyl (C=O) groups excluding carboxylic acids is 1. The molecule has 2 N–H and O–H groups in total. The maximum Gasteiger partial charge on any atom is 0.252 e. The van der Waals surface area contributed by atoms with E-state index < -0.39 is 0 Å². The van der Waals surface area contributed by atoms with Gasteiger partial charge in [-0.15, -0.1) is 12.4 Å². The van der Waals surface area contributed by atoms with Crippen molar-refractivity contribution < 1.29 is 4.79 Å². The summed E-state index contributed by atoms with van der Waals surface area (Å²) in [7, 11) is 1.85. The fourth-order valence-electron chi connectivity index (χ4n) is 1.07. The highest BCUT2D eigenvalue weighted by molar-refractivity contribution is 9.11. The second-order valence-corrected chi connectivity index (χ2v) is 4.75. The van der Waals surface area contributed by atoms with Crippen molar-refractivity contribution in [2.24, 2.45) is 0 Å². The number of hydrogen-bond acceptors (Lipinski definition) is 2. The molecule has 1 aromatic carbocycles. The Morgan fingerprint density at radius 2 is 2.00 bits per heavy atom. The van der Waals surface area contributed by atoms with Gasteiger partial charge in [0, 0.05) is 22.0 Å². The summed E-state index contributed by atoms with van der Waals surface area (Å²) in [5, 5.41) is 5.78. The average Bonchev–Trinajstić information content (AvgIpc) is 2.17. The molecule has 0 heterocycles. The predicted octanol–water partition coefficient (Wildman–Crippen LogP) is 2.58. The molecule has 16 heavy (non-hydrogen) atoms. The molecule has 0 aliphatic rings. The highest BCUT2D eigenvalue weighted by Crippen LogP contribution is 2.21. The van der Waals surface area contributed by atoms with E-state index in [0.29, 0.717) is 12.1 Å². The monoisotopic (exact) mass is 370 g/mol. The molecule has 0 aliphatic carbocycles. The smallest absolute Gasteiger partial charge is 0.252 e. The van der Waals surface area contributed by atoms with E-state index in [1.807, 2.05) is 19.2 Å². The molecule has 3 nitrogen and oxygen atoms in total. The van der Waals surface area contributed by atoms with Gasteiger partial charge in [0.05, 0.1) is 5.56 Å². The number of carbonyl (C=O) groups is 1. The van der Waals surface area contributed by atoms with Crippen LogP contribution in [0.15, 0.2) is 27.1 Å². The third kappa shape index (κ3) is 4.82. The van der Waals surface area contributed by atoms with Crippen LogP contribution in [0.1, 0.15) is 10.4 Å². The maximum atomic E-state index is 11.7. The first-order valence-corrected chi connectivity index (χ1v) is 6.11. The summed E-state index contributed by atoms with van der Waals surface area (Å²) >= 11 is 6.69. The van der Waals surface area contributed by atoms with Crippen LogP contribution in [0.2, 0.25) is 0 Å². The van der Waals surface area contributed by atoms with E-state index in [0.717, 1.165) is 15.5 Å². The minimum Gasteiger partial charge on any atom is -0.351 e. The standard InChI is InChI=1S/C10H12Br2N2O.ClH/c1-13-4-5-14-10(15)8-3-2-7(11)6-9(8)12;/h2-3,6,13H,4-5H2,1H3,(H,14,15);1H. The largest absolute Gasteiger partial charge is 0.351 e. The van der Waals surface area contributed by atoms with E-state index >= 15 is 0 Å². The zero-order valence-electron chi connectivity index (χ0n) is 8.72. The Bertz CT molecular complexity index is 361. The molecular formula is C10H13Br2ClN2O. The molecule has 0 aromatic heterocycles. The molecule has 6 heteroatoms. The zero-order valence-corrected chi connectivity index (χ0v) is 12.7. The Labute approximate surface area is 118 Å². The molecule has 0 fully saturated rings. The van der Waals surface area contributed by atoms with E-state index in [4.69, 9.17) is 0 Å². The van der Waals surface area contributed by atoms with Gasteiger partial charge < -0.3 is 10.6 Å². The Kier molecular flexibility index (Phi) is 8.01.